The molecule has 1 atom stereocenters. The predicted molar refractivity (Wildman–Crippen MR) is 137 cm³/mol. The van der Waals surface area contributed by atoms with Crippen LogP contribution in [0.3, 0.4) is 0 Å². The van der Waals surface area contributed by atoms with E-state index < -0.39 is 5.54 Å². The van der Waals surface area contributed by atoms with Gasteiger partial charge in [0.05, 0.1) is 31.8 Å². The molecule has 2 aromatic carbocycles. The zero-order chi connectivity index (χ0) is 25.3. The molecule has 5 rings (SSSR count). The largest absolute Gasteiger partial charge is 0.493 e. The summed E-state index contributed by atoms with van der Waals surface area (Å²) in [6.45, 7) is 2.63. The van der Waals surface area contributed by atoms with Crippen molar-refractivity contribution < 1.29 is 19.1 Å². The van der Waals surface area contributed by atoms with E-state index in [2.05, 4.69) is 10.3 Å². The van der Waals surface area contributed by atoms with Crippen LogP contribution in [0.25, 0.3) is 11.0 Å². The Bertz CT molecular complexity index is 1280. The van der Waals surface area contributed by atoms with Gasteiger partial charge in [-0.05, 0) is 56.0 Å². The maximum absolute atomic E-state index is 13.9. The van der Waals surface area contributed by atoms with E-state index in [0.29, 0.717) is 36.8 Å². The van der Waals surface area contributed by atoms with Crippen LogP contribution < -0.4 is 14.8 Å². The number of hydrogen-bond donors (Lipinski definition) is 1. The predicted octanol–water partition coefficient (Wildman–Crippen LogP) is 3.96. The number of ether oxygens (including phenoxy) is 2. The van der Waals surface area contributed by atoms with E-state index in [9.17, 15) is 9.59 Å². The standard InChI is InChI=1S/C28H34N4O4/c1-28(27(34)29-20-9-5-4-6-10-20)18-31-22-12-8-7-11-21(22)30-25(31)26(33)32(28)16-15-19-13-14-23(35-2)24(17-19)36-3/h7-8,11-14,17,20H,4-6,9-10,15-16,18H2,1-3H3,(H,29,34). The smallest absolute Gasteiger partial charge is 0.290 e. The molecule has 1 saturated carbocycles. The van der Waals surface area contributed by atoms with Crippen LogP contribution in [-0.2, 0) is 17.8 Å². The molecule has 8 nitrogen and oxygen atoms in total. The minimum Gasteiger partial charge on any atom is -0.493 e. The molecular weight excluding hydrogens is 456 g/mol. The van der Waals surface area contributed by atoms with Gasteiger partial charge in [0, 0.05) is 12.6 Å². The molecule has 1 unspecified atom stereocenters. The topological polar surface area (TPSA) is 85.7 Å². The van der Waals surface area contributed by atoms with Crippen LogP contribution in [0.5, 0.6) is 11.5 Å². The molecular formula is C28H34N4O4. The monoisotopic (exact) mass is 490 g/mol. The second kappa shape index (κ2) is 9.84. The lowest BCUT2D eigenvalue weighted by Gasteiger charge is -2.44. The Balaban J connectivity index is 1.47. The summed E-state index contributed by atoms with van der Waals surface area (Å²) in [5.41, 5.74) is 1.59. The van der Waals surface area contributed by atoms with E-state index in [1.165, 1.54) is 6.42 Å². The van der Waals surface area contributed by atoms with Crippen LogP contribution in [0.2, 0.25) is 0 Å². The Labute approximate surface area is 211 Å². The number of para-hydroxylation sites is 2. The summed E-state index contributed by atoms with van der Waals surface area (Å²) in [6, 6.07) is 13.6. The average molecular weight is 491 g/mol. The van der Waals surface area contributed by atoms with Gasteiger partial charge >= 0.3 is 0 Å². The molecule has 2 amide bonds. The number of aromatic nitrogens is 2. The van der Waals surface area contributed by atoms with Gasteiger partial charge in [-0.25, -0.2) is 4.98 Å². The van der Waals surface area contributed by atoms with Crippen molar-refractivity contribution in [3.8, 4) is 11.5 Å². The molecule has 1 aliphatic carbocycles. The second-order valence-corrected chi connectivity index (χ2v) is 9.99. The van der Waals surface area contributed by atoms with Crippen LogP contribution in [0, 0.1) is 0 Å². The third kappa shape index (κ3) is 4.29. The molecule has 3 aromatic rings. The summed E-state index contributed by atoms with van der Waals surface area (Å²) in [5, 5.41) is 3.28. The molecule has 2 aliphatic rings. The van der Waals surface area contributed by atoms with E-state index in [0.717, 1.165) is 42.3 Å². The van der Waals surface area contributed by atoms with Crippen molar-refractivity contribution in [3.05, 3.63) is 53.9 Å². The summed E-state index contributed by atoms with van der Waals surface area (Å²) in [4.78, 5) is 34.0. The number of imidazole rings is 1. The molecule has 0 saturated heterocycles. The number of nitrogens with one attached hydrogen (secondary N) is 1. The Morgan fingerprint density at radius 3 is 2.58 bits per heavy atom. The first-order chi connectivity index (χ1) is 17.4. The molecule has 1 aromatic heterocycles. The molecule has 36 heavy (non-hydrogen) atoms. The fourth-order valence-corrected chi connectivity index (χ4v) is 5.54. The third-order valence-corrected chi connectivity index (χ3v) is 7.65. The van der Waals surface area contributed by atoms with E-state index in [4.69, 9.17) is 9.47 Å². The van der Waals surface area contributed by atoms with E-state index in [-0.39, 0.29) is 17.9 Å². The van der Waals surface area contributed by atoms with Gasteiger partial charge in [0.2, 0.25) is 5.91 Å². The number of amides is 2. The number of methoxy groups -OCH3 is 2. The molecule has 2 heterocycles. The van der Waals surface area contributed by atoms with Gasteiger partial charge in [0.1, 0.15) is 5.54 Å². The summed E-state index contributed by atoms with van der Waals surface area (Å²) < 4.78 is 12.7. The van der Waals surface area contributed by atoms with Gasteiger partial charge in [-0.2, -0.15) is 0 Å². The highest BCUT2D eigenvalue weighted by Crippen LogP contribution is 2.32. The quantitative estimate of drug-likeness (QED) is 0.542. The highest BCUT2D eigenvalue weighted by molar-refractivity contribution is 6.01. The zero-order valence-electron chi connectivity index (χ0n) is 21.3. The van der Waals surface area contributed by atoms with Crippen molar-refractivity contribution in [1.29, 1.82) is 0 Å². The van der Waals surface area contributed by atoms with Crippen molar-refractivity contribution in [1.82, 2.24) is 19.8 Å². The van der Waals surface area contributed by atoms with Crippen molar-refractivity contribution >= 4 is 22.8 Å². The van der Waals surface area contributed by atoms with Gasteiger partial charge in [0.15, 0.2) is 17.3 Å². The molecule has 1 aliphatic heterocycles. The van der Waals surface area contributed by atoms with Gasteiger partial charge in [-0.3, -0.25) is 9.59 Å². The molecule has 190 valence electrons. The van der Waals surface area contributed by atoms with Crippen molar-refractivity contribution in [2.45, 2.75) is 63.6 Å². The van der Waals surface area contributed by atoms with Crippen molar-refractivity contribution in [2.75, 3.05) is 20.8 Å². The Kier molecular flexibility index (Phi) is 6.60. The molecule has 8 heteroatoms. The second-order valence-electron chi connectivity index (χ2n) is 9.99. The first kappa shape index (κ1) is 24.2. The SMILES string of the molecule is COc1ccc(CCN2C(=O)c3nc4ccccc4n3CC2(C)C(=O)NC2CCCCC2)cc1OC. The Hall–Kier alpha value is -3.55. The Morgan fingerprint density at radius 2 is 1.83 bits per heavy atom. The minimum atomic E-state index is -1.04. The fourth-order valence-electron chi connectivity index (χ4n) is 5.54. The van der Waals surface area contributed by atoms with Gasteiger partial charge in [0.25, 0.3) is 5.91 Å². The van der Waals surface area contributed by atoms with Gasteiger partial charge < -0.3 is 24.3 Å². The van der Waals surface area contributed by atoms with Crippen LogP contribution in [-0.4, -0.2) is 58.6 Å². The summed E-state index contributed by atoms with van der Waals surface area (Å²) in [6.07, 6.45) is 6.00. The number of benzene rings is 2. The third-order valence-electron chi connectivity index (χ3n) is 7.65. The van der Waals surface area contributed by atoms with Gasteiger partial charge in [-0.15, -0.1) is 0 Å². The number of rotatable bonds is 7. The van der Waals surface area contributed by atoms with Gasteiger partial charge in [-0.1, -0.05) is 37.5 Å². The lowest BCUT2D eigenvalue weighted by Crippen LogP contribution is -2.65. The summed E-state index contributed by atoms with van der Waals surface area (Å²) in [7, 11) is 3.21. The average Bonchev–Trinajstić information content (AvgIpc) is 3.27. The maximum Gasteiger partial charge on any atom is 0.290 e. The number of carbonyl (C=O) groups excluding carboxylic acids is 2. The summed E-state index contributed by atoms with van der Waals surface area (Å²) in [5.74, 6) is 1.35. The number of fused-ring (bicyclic) bond motifs is 3. The first-order valence-electron chi connectivity index (χ1n) is 12.7. The first-order valence-corrected chi connectivity index (χ1v) is 12.7. The number of hydrogen-bond acceptors (Lipinski definition) is 5. The maximum atomic E-state index is 13.9. The lowest BCUT2D eigenvalue weighted by molar-refractivity contribution is -0.133. The van der Waals surface area contributed by atoms with Crippen LogP contribution in [0.1, 0.15) is 55.2 Å². The lowest BCUT2D eigenvalue weighted by atomic mass is 9.91. The number of nitrogens with zero attached hydrogens (tertiary/aromatic N) is 3. The molecule has 0 bridgehead atoms. The highest BCUT2D eigenvalue weighted by Gasteiger charge is 2.48. The Morgan fingerprint density at radius 1 is 1.08 bits per heavy atom. The molecule has 1 fully saturated rings. The van der Waals surface area contributed by atoms with E-state index in [1.807, 2.05) is 54.0 Å². The molecule has 0 radical (unpaired) electrons. The van der Waals surface area contributed by atoms with Crippen LogP contribution >= 0.6 is 0 Å². The highest BCUT2D eigenvalue weighted by atomic mass is 16.5. The van der Waals surface area contributed by atoms with Crippen molar-refractivity contribution in [3.63, 3.8) is 0 Å². The van der Waals surface area contributed by atoms with Crippen LogP contribution in [0.15, 0.2) is 42.5 Å². The zero-order valence-corrected chi connectivity index (χ0v) is 21.3. The van der Waals surface area contributed by atoms with E-state index in [1.54, 1.807) is 19.1 Å². The van der Waals surface area contributed by atoms with Crippen molar-refractivity contribution in [2.24, 2.45) is 0 Å². The number of carbonyl (C=O) groups is 2. The molecule has 1 N–H and O–H groups in total. The van der Waals surface area contributed by atoms with E-state index >= 15 is 0 Å². The van der Waals surface area contributed by atoms with Crippen LogP contribution in [0.4, 0.5) is 0 Å². The summed E-state index contributed by atoms with van der Waals surface area (Å²) >= 11 is 0. The minimum absolute atomic E-state index is 0.0986. The normalized spacial score (nSPS) is 20.3. The molecule has 0 spiro atoms. The fraction of sp³-hybridized carbons (Fsp3) is 0.464.